The van der Waals surface area contributed by atoms with Crippen LogP contribution >= 0.6 is 0 Å². The molecule has 0 aromatic rings. The Morgan fingerprint density at radius 2 is 2.20 bits per heavy atom. The third kappa shape index (κ3) is 5.38. The van der Waals surface area contributed by atoms with Crippen molar-refractivity contribution in [3.8, 4) is 6.07 Å². The molecule has 1 saturated carbocycles. The van der Waals surface area contributed by atoms with Crippen molar-refractivity contribution in [3.63, 3.8) is 0 Å². The molecule has 1 unspecified atom stereocenters. The highest BCUT2D eigenvalue weighted by molar-refractivity contribution is 5.77. The van der Waals surface area contributed by atoms with Crippen molar-refractivity contribution in [1.29, 1.82) is 5.26 Å². The molecule has 1 aliphatic rings. The van der Waals surface area contributed by atoms with E-state index in [1.807, 2.05) is 13.8 Å². The van der Waals surface area contributed by atoms with Crippen LogP contribution in [0, 0.1) is 17.2 Å². The van der Waals surface area contributed by atoms with Gasteiger partial charge in [0.1, 0.15) is 6.04 Å². The Hall–Kier alpha value is -1.08. The molecule has 1 aliphatic carbocycles. The van der Waals surface area contributed by atoms with E-state index in [0.29, 0.717) is 0 Å². The molecule has 4 nitrogen and oxygen atoms in total. The van der Waals surface area contributed by atoms with Crippen LogP contribution in [0.4, 0.5) is 0 Å². The molecule has 0 aromatic carbocycles. The first-order valence-electron chi connectivity index (χ1n) is 5.54. The second-order valence-corrected chi connectivity index (χ2v) is 4.46. The largest absolute Gasteiger partial charge is 0.354 e. The smallest absolute Gasteiger partial charge is 0.222 e. The van der Waals surface area contributed by atoms with Crippen LogP contribution in [-0.4, -0.2) is 24.5 Å². The fraction of sp³-hybridized carbons (Fsp3) is 0.818. The lowest BCUT2D eigenvalue weighted by Crippen LogP contribution is -2.38. The van der Waals surface area contributed by atoms with Gasteiger partial charge >= 0.3 is 0 Å². The maximum absolute atomic E-state index is 11.4. The van der Waals surface area contributed by atoms with Gasteiger partial charge in [-0.15, -0.1) is 0 Å². The number of nitrogens with one attached hydrogen (secondary N) is 2. The Balaban J connectivity index is 2.19. The average Bonchev–Trinajstić information content (AvgIpc) is 2.94. The Bertz CT molecular complexity index is 253. The van der Waals surface area contributed by atoms with Crippen LogP contribution in [0.5, 0.6) is 0 Å². The van der Waals surface area contributed by atoms with E-state index < -0.39 is 0 Å². The van der Waals surface area contributed by atoms with E-state index in [1.54, 1.807) is 0 Å². The summed E-state index contributed by atoms with van der Waals surface area (Å²) in [6.45, 7) is 4.70. The fourth-order valence-electron chi connectivity index (χ4n) is 1.36. The third-order valence-corrected chi connectivity index (χ3v) is 2.34. The zero-order chi connectivity index (χ0) is 11.3. The molecule has 0 spiro atoms. The normalized spacial score (nSPS) is 17.2. The number of amides is 1. The summed E-state index contributed by atoms with van der Waals surface area (Å²) in [5, 5.41) is 14.7. The first-order chi connectivity index (χ1) is 7.11. The van der Waals surface area contributed by atoms with Crippen LogP contribution in [0.25, 0.3) is 0 Å². The van der Waals surface area contributed by atoms with E-state index in [1.165, 1.54) is 12.8 Å². The molecule has 1 atom stereocenters. The van der Waals surface area contributed by atoms with Crippen molar-refractivity contribution >= 4 is 5.91 Å². The van der Waals surface area contributed by atoms with Gasteiger partial charge in [0.15, 0.2) is 0 Å². The van der Waals surface area contributed by atoms with Crippen LogP contribution in [-0.2, 0) is 4.79 Å². The minimum atomic E-state index is -0.343. The van der Waals surface area contributed by atoms with Crippen LogP contribution in [0.15, 0.2) is 0 Å². The van der Waals surface area contributed by atoms with Gasteiger partial charge in [-0.25, -0.2) is 0 Å². The highest BCUT2D eigenvalue weighted by Crippen LogP contribution is 2.27. The Morgan fingerprint density at radius 3 is 2.67 bits per heavy atom. The van der Waals surface area contributed by atoms with Crippen molar-refractivity contribution in [1.82, 2.24) is 10.6 Å². The summed E-state index contributed by atoms with van der Waals surface area (Å²) in [5.41, 5.74) is 0. The minimum absolute atomic E-state index is 0.0557. The summed E-state index contributed by atoms with van der Waals surface area (Å²) in [7, 11) is 0. The number of hydrogen-bond donors (Lipinski definition) is 2. The lowest BCUT2D eigenvalue weighted by Gasteiger charge is -2.12. The molecule has 0 aliphatic heterocycles. The van der Waals surface area contributed by atoms with Crippen LogP contribution in [0.3, 0.4) is 0 Å². The lowest BCUT2D eigenvalue weighted by atomic mass is 10.2. The number of nitrogens with zero attached hydrogens (tertiary/aromatic N) is 1. The fourth-order valence-corrected chi connectivity index (χ4v) is 1.36. The number of nitriles is 1. The Morgan fingerprint density at radius 1 is 1.53 bits per heavy atom. The van der Waals surface area contributed by atoms with Gasteiger partial charge in [0, 0.05) is 6.04 Å². The molecule has 1 rings (SSSR count). The number of carbonyl (C=O) groups is 1. The topological polar surface area (TPSA) is 64.9 Å². The van der Waals surface area contributed by atoms with Gasteiger partial charge in [-0.05, 0) is 39.2 Å². The van der Waals surface area contributed by atoms with Crippen molar-refractivity contribution in [2.24, 2.45) is 5.92 Å². The molecule has 0 bridgehead atoms. The zero-order valence-electron chi connectivity index (χ0n) is 9.42. The minimum Gasteiger partial charge on any atom is -0.354 e. The second-order valence-electron chi connectivity index (χ2n) is 4.46. The Labute approximate surface area is 91.0 Å². The van der Waals surface area contributed by atoms with Crippen LogP contribution < -0.4 is 10.6 Å². The molecule has 15 heavy (non-hydrogen) atoms. The molecule has 4 heteroatoms. The van der Waals surface area contributed by atoms with E-state index >= 15 is 0 Å². The van der Waals surface area contributed by atoms with E-state index in [-0.39, 0.29) is 24.4 Å². The summed E-state index contributed by atoms with van der Waals surface area (Å²) in [5.74, 6) is 0.675. The van der Waals surface area contributed by atoms with Crippen molar-refractivity contribution in [2.75, 3.05) is 6.54 Å². The van der Waals surface area contributed by atoms with Crippen molar-refractivity contribution in [3.05, 3.63) is 0 Å². The predicted molar refractivity (Wildman–Crippen MR) is 58.0 cm³/mol. The second kappa shape index (κ2) is 5.72. The quantitative estimate of drug-likeness (QED) is 0.680. The van der Waals surface area contributed by atoms with Gasteiger partial charge in [0.05, 0.1) is 12.5 Å². The summed E-state index contributed by atoms with van der Waals surface area (Å²) in [6, 6.07) is 1.91. The molecule has 1 amide bonds. The third-order valence-electron chi connectivity index (χ3n) is 2.34. The first kappa shape index (κ1) is 12.0. The standard InChI is InChI=1S/C11H19N3O/c1-8(2)14-11(15)5-10(6-12)13-7-9-3-4-9/h8-10,13H,3-5,7H2,1-2H3,(H,14,15). The molecule has 0 saturated heterocycles. The number of carbonyl (C=O) groups excluding carboxylic acids is 1. The summed E-state index contributed by atoms with van der Waals surface area (Å²) in [6.07, 6.45) is 2.76. The highest BCUT2D eigenvalue weighted by atomic mass is 16.1. The molecule has 84 valence electrons. The van der Waals surface area contributed by atoms with E-state index in [2.05, 4.69) is 16.7 Å². The first-order valence-corrected chi connectivity index (χ1v) is 5.54. The zero-order valence-corrected chi connectivity index (χ0v) is 9.42. The van der Waals surface area contributed by atoms with Crippen molar-refractivity contribution in [2.45, 2.75) is 45.2 Å². The number of hydrogen-bond acceptors (Lipinski definition) is 3. The van der Waals surface area contributed by atoms with Gasteiger partial charge in [0.2, 0.25) is 5.91 Å². The highest BCUT2D eigenvalue weighted by Gasteiger charge is 2.22. The predicted octanol–water partition coefficient (Wildman–Crippen LogP) is 0.793. The number of rotatable bonds is 6. The van der Waals surface area contributed by atoms with Gasteiger partial charge < -0.3 is 10.6 Å². The molecule has 1 fully saturated rings. The van der Waals surface area contributed by atoms with Crippen LogP contribution in [0.1, 0.15) is 33.1 Å². The average molecular weight is 209 g/mol. The van der Waals surface area contributed by atoms with Crippen molar-refractivity contribution < 1.29 is 4.79 Å². The molecule has 2 N–H and O–H groups in total. The molecular weight excluding hydrogens is 190 g/mol. The van der Waals surface area contributed by atoms with Gasteiger partial charge in [-0.3, -0.25) is 4.79 Å². The van der Waals surface area contributed by atoms with Gasteiger partial charge in [-0.2, -0.15) is 5.26 Å². The van der Waals surface area contributed by atoms with Crippen LogP contribution in [0.2, 0.25) is 0 Å². The molecular formula is C11H19N3O. The SMILES string of the molecule is CC(C)NC(=O)CC(C#N)NCC1CC1. The lowest BCUT2D eigenvalue weighted by molar-refractivity contribution is -0.121. The van der Waals surface area contributed by atoms with E-state index in [4.69, 9.17) is 5.26 Å². The summed E-state index contributed by atoms with van der Waals surface area (Å²) in [4.78, 5) is 11.4. The molecule has 0 radical (unpaired) electrons. The van der Waals surface area contributed by atoms with E-state index in [0.717, 1.165) is 12.5 Å². The molecule has 0 heterocycles. The summed E-state index contributed by atoms with van der Waals surface area (Å²) < 4.78 is 0. The summed E-state index contributed by atoms with van der Waals surface area (Å²) >= 11 is 0. The maximum Gasteiger partial charge on any atom is 0.222 e. The van der Waals surface area contributed by atoms with Gasteiger partial charge in [-0.1, -0.05) is 0 Å². The van der Waals surface area contributed by atoms with Gasteiger partial charge in [0.25, 0.3) is 0 Å². The molecule has 0 aromatic heterocycles. The Kier molecular flexibility index (Phi) is 4.57. The monoisotopic (exact) mass is 209 g/mol. The van der Waals surface area contributed by atoms with E-state index in [9.17, 15) is 4.79 Å². The maximum atomic E-state index is 11.4.